The van der Waals surface area contributed by atoms with Gasteiger partial charge in [0.25, 0.3) is 0 Å². The van der Waals surface area contributed by atoms with E-state index in [1.807, 2.05) is 0 Å². The fraction of sp³-hybridized carbons (Fsp3) is 1.00. The molecule has 0 heterocycles. The summed E-state index contributed by atoms with van der Waals surface area (Å²) < 4.78 is 23.8. The molecule has 0 aromatic carbocycles. The lowest BCUT2D eigenvalue weighted by Crippen LogP contribution is -2.29. The first kappa shape index (κ1) is 12.4. The van der Waals surface area contributed by atoms with Crippen LogP contribution in [0.3, 0.4) is 0 Å². The predicted octanol–water partition coefficient (Wildman–Crippen LogP) is 1.35. The molecule has 0 aromatic heterocycles. The molecule has 0 aliphatic carbocycles. The van der Waals surface area contributed by atoms with E-state index in [0.717, 1.165) is 6.42 Å². The topological polar surface area (TPSA) is 46.2 Å². The Kier molecular flexibility index (Phi) is 5.36. The maximum absolute atomic E-state index is 10.7. The Morgan fingerprint density at radius 1 is 1.42 bits per heavy atom. The molecule has 0 rings (SSSR count). The summed E-state index contributed by atoms with van der Waals surface area (Å²) in [6.07, 6.45) is 2.14. The van der Waals surface area contributed by atoms with E-state index in [4.69, 9.17) is 0 Å². The van der Waals surface area contributed by atoms with E-state index < -0.39 is 10.0 Å². The van der Waals surface area contributed by atoms with Gasteiger partial charge in [-0.2, -0.15) is 0 Å². The van der Waals surface area contributed by atoms with Crippen LogP contribution in [0.4, 0.5) is 0 Å². The largest absolute Gasteiger partial charge is 0.214 e. The minimum atomic E-state index is -3.03. The fourth-order valence-electron chi connectivity index (χ4n) is 0.837. The van der Waals surface area contributed by atoms with Gasteiger partial charge >= 0.3 is 0 Å². The van der Waals surface area contributed by atoms with Gasteiger partial charge in [-0.05, 0) is 12.3 Å². The number of alkyl halides is 1. The van der Waals surface area contributed by atoms with E-state index in [1.165, 1.54) is 6.26 Å². The number of rotatable bonds is 5. The second-order valence-electron chi connectivity index (χ2n) is 3.35. The Labute approximate surface area is 83.1 Å². The van der Waals surface area contributed by atoms with Crippen molar-refractivity contribution in [1.82, 2.24) is 4.72 Å². The number of hydrogen-bond acceptors (Lipinski definition) is 2. The second kappa shape index (κ2) is 5.19. The van der Waals surface area contributed by atoms with Crippen LogP contribution in [0.25, 0.3) is 0 Å². The molecule has 1 atom stereocenters. The smallest absolute Gasteiger partial charge is 0.208 e. The SMILES string of the molecule is CC(C)CC(Br)CNS(C)(=O)=O. The number of hydrogen-bond donors (Lipinski definition) is 1. The predicted molar refractivity (Wildman–Crippen MR) is 55.0 cm³/mol. The third-order valence-corrected chi connectivity index (χ3v) is 2.68. The molecular weight excluding hydrogens is 242 g/mol. The van der Waals surface area contributed by atoms with Crippen molar-refractivity contribution in [2.75, 3.05) is 12.8 Å². The van der Waals surface area contributed by atoms with Crippen molar-refractivity contribution in [2.24, 2.45) is 5.92 Å². The Balaban J connectivity index is 3.65. The van der Waals surface area contributed by atoms with Gasteiger partial charge in [-0.1, -0.05) is 29.8 Å². The van der Waals surface area contributed by atoms with Crippen molar-refractivity contribution < 1.29 is 8.42 Å². The van der Waals surface area contributed by atoms with Gasteiger partial charge in [0, 0.05) is 11.4 Å². The van der Waals surface area contributed by atoms with Crippen molar-refractivity contribution in [3.63, 3.8) is 0 Å². The summed E-state index contributed by atoms with van der Waals surface area (Å²) in [5.41, 5.74) is 0. The quantitative estimate of drug-likeness (QED) is 0.756. The van der Waals surface area contributed by atoms with Crippen LogP contribution in [0.2, 0.25) is 0 Å². The minimum Gasteiger partial charge on any atom is -0.214 e. The molecule has 0 aromatic rings. The molecule has 1 unspecified atom stereocenters. The molecule has 0 saturated heterocycles. The normalized spacial score (nSPS) is 15.1. The molecule has 0 saturated carbocycles. The standard InChI is InChI=1S/C7H16BrNO2S/c1-6(2)4-7(8)5-9-12(3,10)11/h6-7,9H,4-5H2,1-3H3. The van der Waals surface area contributed by atoms with E-state index in [1.54, 1.807) is 0 Å². The molecular formula is C7H16BrNO2S. The average molecular weight is 258 g/mol. The lowest BCUT2D eigenvalue weighted by Gasteiger charge is -2.11. The zero-order valence-electron chi connectivity index (χ0n) is 7.67. The maximum atomic E-state index is 10.7. The molecule has 74 valence electrons. The molecule has 0 spiro atoms. The Hall–Kier alpha value is 0.390. The monoisotopic (exact) mass is 257 g/mol. The lowest BCUT2D eigenvalue weighted by molar-refractivity contribution is 0.554. The van der Waals surface area contributed by atoms with Crippen molar-refractivity contribution in [3.05, 3.63) is 0 Å². The highest BCUT2D eigenvalue weighted by Gasteiger charge is 2.09. The highest BCUT2D eigenvalue weighted by atomic mass is 79.9. The van der Waals surface area contributed by atoms with E-state index >= 15 is 0 Å². The van der Waals surface area contributed by atoms with Crippen LogP contribution >= 0.6 is 15.9 Å². The van der Waals surface area contributed by atoms with Gasteiger partial charge in [0.1, 0.15) is 0 Å². The van der Waals surface area contributed by atoms with Gasteiger partial charge in [0.2, 0.25) is 10.0 Å². The Morgan fingerprint density at radius 3 is 2.25 bits per heavy atom. The number of nitrogens with one attached hydrogen (secondary N) is 1. The zero-order chi connectivity index (χ0) is 9.78. The van der Waals surface area contributed by atoms with E-state index in [2.05, 4.69) is 34.5 Å². The molecule has 1 N–H and O–H groups in total. The molecule has 3 nitrogen and oxygen atoms in total. The van der Waals surface area contributed by atoms with E-state index in [-0.39, 0.29) is 4.83 Å². The average Bonchev–Trinajstić information content (AvgIpc) is 1.80. The summed E-state index contributed by atoms with van der Waals surface area (Å²) in [4.78, 5) is 0.229. The second-order valence-corrected chi connectivity index (χ2v) is 6.48. The number of sulfonamides is 1. The molecule has 0 aliphatic heterocycles. The van der Waals surface area contributed by atoms with Gasteiger partial charge in [0.15, 0.2) is 0 Å². The first-order valence-corrected chi connectivity index (χ1v) is 6.70. The summed E-state index contributed by atoms with van der Waals surface area (Å²) in [5, 5.41) is 0. The van der Waals surface area contributed by atoms with E-state index in [0.29, 0.717) is 12.5 Å². The van der Waals surface area contributed by atoms with Crippen LogP contribution in [-0.4, -0.2) is 26.0 Å². The first-order valence-electron chi connectivity index (χ1n) is 3.90. The van der Waals surface area contributed by atoms with Gasteiger partial charge in [-0.3, -0.25) is 0 Å². The third kappa shape index (κ3) is 8.49. The summed E-state index contributed by atoms with van der Waals surface area (Å²) in [7, 11) is -3.03. The Morgan fingerprint density at radius 2 is 1.92 bits per heavy atom. The lowest BCUT2D eigenvalue weighted by atomic mass is 10.1. The summed E-state index contributed by atoms with van der Waals surface area (Å²) in [6.45, 7) is 4.68. The van der Waals surface area contributed by atoms with Gasteiger partial charge < -0.3 is 0 Å². The zero-order valence-corrected chi connectivity index (χ0v) is 10.1. The van der Waals surface area contributed by atoms with Crippen molar-refractivity contribution in [2.45, 2.75) is 25.1 Å². The summed E-state index contributed by atoms with van der Waals surface area (Å²) >= 11 is 3.40. The molecule has 0 fully saturated rings. The molecule has 5 heteroatoms. The van der Waals surface area contributed by atoms with Crippen LogP contribution in [0, 0.1) is 5.92 Å². The van der Waals surface area contributed by atoms with Gasteiger partial charge in [0.05, 0.1) is 6.26 Å². The first-order chi connectivity index (χ1) is 5.31. The van der Waals surface area contributed by atoms with Gasteiger partial charge in [-0.15, -0.1) is 0 Å². The van der Waals surface area contributed by atoms with E-state index in [9.17, 15) is 8.42 Å². The summed E-state index contributed by atoms with van der Waals surface area (Å²) in [5.74, 6) is 0.579. The highest BCUT2D eigenvalue weighted by Crippen LogP contribution is 2.11. The van der Waals surface area contributed by atoms with Crippen LogP contribution in [0.15, 0.2) is 0 Å². The van der Waals surface area contributed by atoms with Crippen molar-refractivity contribution in [3.8, 4) is 0 Å². The highest BCUT2D eigenvalue weighted by molar-refractivity contribution is 9.09. The molecule has 0 radical (unpaired) electrons. The maximum Gasteiger partial charge on any atom is 0.208 e. The van der Waals surface area contributed by atoms with Gasteiger partial charge in [-0.25, -0.2) is 13.1 Å². The Bertz CT molecular complexity index is 213. The molecule has 0 amide bonds. The molecule has 0 aliphatic rings. The van der Waals surface area contributed by atoms with Crippen LogP contribution in [0.1, 0.15) is 20.3 Å². The minimum absolute atomic E-state index is 0.229. The fourth-order valence-corrected chi connectivity index (χ4v) is 2.46. The summed E-state index contributed by atoms with van der Waals surface area (Å²) in [6, 6.07) is 0. The molecule has 12 heavy (non-hydrogen) atoms. The van der Waals surface area contributed by atoms with Crippen LogP contribution < -0.4 is 4.72 Å². The van der Waals surface area contributed by atoms with Crippen molar-refractivity contribution in [1.29, 1.82) is 0 Å². The van der Waals surface area contributed by atoms with Crippen LogP contribution in [0.5, 0.6) is 0 Å². The van der Waals surface area contributed by atoms with Crippen LogP contribution in [-0.2, 0) is 10.0 Å². The molecule has 0 bridgehead atoms. The number of halogens is 1. The third-order valence-electron chi connectivity index (χ3n) is 1.29. The van der Waals surface area contributed by atoms with Crippen molar-refractivity contribution >= 4 is 26.0 Å².